The molecule has 0 atom stereocenters. The van der Waals surface area contributed by atoms with Crippen molar-refractivity contribution in [1.82, 2.24) is 4.57 Å². The van der Waals surface area contributed by atoms with Gasteiger partial charge < -0.3 is 33.7 Å². The zero-order chi connectivity index (χ0) is 31.9. The molecule has 244 valence electrons. The molecule has 4 aromatic rings. The van der Waals surface area contributed by atoms with Crippen molar-refractivity contribution in [2.75, 3.05) is 49.3 Å². The van der Waals surface area contributed by atoms with E-state index in [9.17, 15) is 14.7 Å². The minimum atomic E-state index is -0.914. The van der Waals surface area contributed by atoms with Crippen LogP contribution in [0.3, 0.4) is 0 Å². The molecule has 8 rings (SSSR count). The Labute approximate surface area is 274 Å². The molecule has 0 spiro atoms. The Balaban J connectivity index is 1.14. The van der Waals surface area contributed by atoms with E-state index in [-0.39, 0.29) is 5.91 Å². The lowest BCUT2D eigenvalue weighted by molar-refractivity contribution is -0.117. The van der Waals surface area contributed by atoms with Crippen molar-refractivity contribution in [1.29, 1.82) is 0 Å². The zero-order valence-corrected chi connectivity index (χ0v) is 26.7. The number of hydrogen-bond acceptors (Lipinski definition) is 6. The van der Waals surface area contributed by atoms with E-state index in [0.29, 0.717) is 50.9 Å². The molecule has 4 heterocycles. The number of carbonyl (C=O) groups is 2. The minimum absolute atomic E-state index is 0.170. The highest BCUT2D eigenvalue weighted by Gasteiger charge is 2.30. The molecule has 1 saturated carbocycles. The summed E-state index contributed by atoms with van der Waals surface area (Å²) in [7, 11) is 0. The molecule has 0 unspecified atom stereocenters. The molecule has 3 fully saturated rings. The normalized spacial score (nSPS) is 18.5. The van der Waals surface area contributed by atoms with Crippen LogP contribution < -0.4 is 19.3 Å². The molecule has 3 aromatic carbocycles. The van der Waals surface area contributed by atoms with Gasteiger partial charge in [0, 0.05) is 65.5 Å². The summed E-state index contributed by atoms with van der Waals surface area (Å²) >= 11 is 0. The average Bonchev–Trinajstić information content (AvgIpc) is 3.62. The number of carboxylic acid groups (broad SMARTS) is 1. The van der Waals surface area contributed by atoms with Crippen LogP contribution in [0, 0.1) is 0 Å². The van der Waals surface area contributed by atoms with Gasteiger partial charge in [0.1, 0.15) is 24.7 Å². The van der Waals surface area contributed by atoms with Crippen LogP contribution >= 0.6 is 0 Å². The Bertz CT molecular complexity index is 1830. The highest BCUT2D eigenvalue weighted by molar-refractivity contribution is 5.99. The van der Waals surface area contributed by atoms with Gasteiger partial charge in [-0.3, -0.25) is 4.79 Å². The third-order valence-electron chi connectivity index (χ3n) is 10.3. The number of anilines is 2. The van der Waals surface area contributed by atoms with Crippen LogP contribution in [0.2, 0.25) is 0 Å². The zero-order valence-electron chi connectivity index (χ0n) is 26.7. The number of fused-ring (bicyclic) bond motifs is 5. The molecular weight excluding hydrogens is 594 g/mol. The lowest BCUT2D eigenvalue weighted by Gasteiger charge is -2.31. The van der Waals surface area contributed by atoms with E-state index in [4.69, 9.17) is 14.2 Å². The van der Waals surface area contributed by atoms with Gasteiger partial charge in [0.2, 0.25) is 5.91 Å². The maximum absolute atomic E-state index is 12.6. The highest BCUT2D eigenvalue weighted by Crippen LogP contribution is 2.48. The standard InChI is InChI=1S/C38H41N3O6/c42-35-7-4-14-40(35)28-9-13-32(39-15-18-45-19-16-39)27(21-28)24-47-29-10-12-31-34(23-29)46-20-17-41-33-22-26(38(43)44)8-11-30(33)36(37(31)41)25-5-2-1-3-6-25/h8-13,21-23,25H,1-7,14-20,24H2,(H,43,44). The number of carbonyl (C=O) groups excluding carboxylic acids is 1. The van der Waals surface area contributed by atoms with Crippen molar-refractivity contribution in [3.63, 3.8) is 0 Å². The number of aromatic nitrogens is 1. The number of nitrogens with zero attached hydrogens (tertiary/aromatic N) is 3. The highest BCUT2D eigenvalue weighted by atomic mass is 16.5. The third kappa shape index (κ3) is 5.60. The second-order valence-electron chi connectivity index (χ2n) is 13.1. The monoisotopic (exact) mass is 635 g/mol. The van der Waals surface area contributed by atoms with Crippen LogP contribution in [-0.4, -0.2) is 61.0 Å². The number of benzene rings is 3. The summed E-state index contributed by atoms with van der Waals surface area (Å²) in [6, 6.07) is 18.0. The number of carboxylic acids is 1. The second kappa shape index (κ2) is 12.6. The van der Waals surface area contributed by atoms with Gasteiger partial charge in [-0.25, -0.2) is 4.79 Å². The van der Waals surface area contributed by atoms with Gasteiger partial charge >= 0.3 is 5.97 Å². The van der Waals surface area contributed by atoms with Crippen molar-refractivity contribution >= 4 is 34.2 Å². The molecule has 1 N–H and O–H groups in total. The van der Waals surface area contributed by atoms with Crippen LogP contribution in [0.15, 0.2) is 54.6 Å². The van der Waals surface area contributed by atoms with Crippen LogP contribution in [0.1, 0.15) is 72.3 Å². The van der Waals surface area contributed by atoms with E-state index >= 15 is 0 Å². The first-order valence-corrected chi connectivity index (χ1v) is 17.1. The molecule has 1 amide bonds. The van der Waals surface area contributed by atoms with E-state index in [1.165, 1.54) is 24.8 Å². The van der Waals surface area contributed by atoms with Crippen molar-refractivity contribution < 1.29 is 28.9 Å². The van der Waals surface area contributed by atoms with Gasteiger partial charge in [-0.05, 0) is 73.2 Å². The first-order valence-electron chi connectivity index (χ1n) is 17.1. The Hall–Kier alpha value is -4.50. The van der Waals surface area contributed by atoms with E-state index in [0.717, 1.165) is 89.5 Å². The predicted octanol–water partition coefficient (Wildman–Crippen LogP) is 6.99. The van der Waals surface area contributed by atoms with Gasteiger partial charge in [0.25, 0.3) is 0 Å². The van der Waals surface area contributed by atoms with Crippen LogP contribution in [-0.2, 0) is 22.7 Å². The Morgan fingerprint density at radius 3 is 2.53 bits per heavy atom. The molecule has 3 aliphatic heterocycles. The molecular formula is C38H41N3O6. The van der Waals surface area contributed by atoms with Gasteiger partial charge in [-0.15, -0.1) is 0 Å². The van der Waals surface area contributed by atoms with Crippen molar-refractivity contribution in [2.45, 2.75) is 64.0 Å². The molecule has 1 aliphatic carbocycles. The number of ether oxygens (including phenoxy) is 3. The fraction of sp³-hybridized carbons (Fsp3) is 0.421. The topological polar surface area (TPSA) is 93.5 Å². The number of aromatic carboxylic acids is 1. The lowest BCUT2D eigenvalue weighted by atomic mass is 9.81. The van der Waals surface area contributed by atoms with Crippen molar-refractivity contribution in [3.8, 4) is 22.8 Å². The largest absolute Gasteiger partial charge is 0.491 e. The number of rotatable bonds is 7. The summed E-state index contributed by atoms with van der Waals surface area (Å²) < 4.78 is 20.8. The molecule has 9 heteroatoms. The maximum Gasteiger partial charge on any atom is 0.335 e. The number of amides is 1. The minimum Gasteiger partial charge on any atom is -0.491 e. The molecule has 0 bridgehead atoms. The summed E-state index contributed by atoms with van der Waals surface area (Å²) in [5.74, 6) is 1.18. The van der Waals surface area contributed by atoms with Crippen molar-refractivity contribution in [2.24, 2.45) is 0 Å². The SMILES string of the molecule is O=C(O)c1ccc2c(C3CCCCC3)c3n(c2c1)CCOc1cc(OCc2cc(N4CCCC4=O)ccc2N2CCOCC2)ccc1-3. The molecule has 2 saturated heterocycles. The summed E-state index contributed by atoms with van der Waals surface area (Å²) in [5.41, 5.74) is 7.81. The summed E-state index contributed by atoms with van der Waals surface area (Å²) in [6.45, 7) is 5.21. The molecule has 0 radical (unpaired) electrons. The average molecular weight is 636 g/mol. The van der Waals surface area contributed by atoms with Gasteiger partial charge in [0.15, 0.2) is 0 Å². The smallest absolute Gasteiger partial charge is 0.335 e. The number of hydrogen-bond donors (Lipinski definition) is 1. The summed E-state index contributed by atoms with van der Waals surface area (Å²) in [4.78, 5) is 28.7. The van der Waals surface area contributed by atoms with Crippen molar-refractivity contribution in [3.05, 3.63) is 71.3 Å². The van der Waals surface area contributed by atoms with E-state index < -0.39 is 5.97 Å². The summed E-state index contributed by atoms with van der Waals surface area (Å²) in [6.07, 6.45) is 7.43. The fourth-order valence-corrected chi connectivity index (χ4v) is 8.04. The quantitative estimate of drug-likeness (QED) is 0.234. The summed E-state index contributed by atoms with van der Waals surface area (Å²) in [5, 5.41) is 10.9. The Morgan fingerprint density at radius 2 is 1.74 bits per heavy atom. The van der Waals surface area contributed by atoms with Gasteiger partial charge in [0.05, 0.1) is 31.0 Å². The predicted molar refractivity (Wildman–Crippen MR) is 181 cm³/mol. The lowest BCUT2D eigenvalue weighted by Crippen LogP contribution is -2.37. The first kappa shape index (κ1) is 29.9. The second-order valence-corrected chi connectivity index (χ2v) is 13.1. The molecule has 4 aliphatic rings. The fourth-order valence-electron chi connectivity index (χ4n) is 8.04. The van der Waals surface area contributed by atoms with Crippen LogP contribution in [0.25, 0.3) is 22.2 Å². The van der Waals surface area contributed by atoms with E-state index in [1.54, 1.807) is 6.07 Å². The van der Waals surface area contributed by atoms with E-state index in [2.05, 4.69) is 33.7 Å². The Morgan fingerprint density at radius 1 is 0.894 bits per heavy atom. The Kier molecular flexibility index (Phi) is 8.01. The van der Waals surface area contributed by atoms with Crippen LogP contribution in [0.5, 0.6) is 11.5 Å². The van der Waals surface area contributed by atoms with E-state index in [1.807, 2.05) is 29.2 Å². The third-order valence-corrected chi connectivity index (χ3v) is 10.3. The first-order chi connectivity index (χ1) is 23.0. The number of morpholine rings is 1. The molecule has 9 nitrogen and oxygen atoms in total. The molecule has 1 aromatic heterocycles. The van der Waals surface area contributed by atoms with Gasteiger partial charge in [-0.1, -0.05) is 25.3 Å². The maximum atomic E-state index is 12.6. The molecule has 47 heavy (non-hydrogen) atoms. The van der Waals surface area contributed by atoms with Crippen LogP contribution in [0.4, 0.5) is 11.4 Å². The van der Waals surface area contributed by atoms with Gasteiger partial charge in [-0.2, -0.15) is 0 Å².